The standard InChI is InChI=1S/C22H29N3O3/c26-15-20(22(28)24-17-8-4-2-1-3-5-9-17)25-21(27)13-12-16-14-23-19-11-7-6-10-18(16)19/h6-7,10-14,17,20,23,26H,1-5,8-9,15H2,(H,24,28)(H,25,27)/t20-/m0/s1. The SMILES string of the molecule is O=C(C=Cc1c[nH]c2ccccc12)N[C@@H](CO)C(=O)NC1CCCCCCC1. The molecule has 0 bridgehead atoms. The van der Waals surface area contributed by atoms with Crippen molar-refractivity contribution >= 4 is 28.8 Å². The lowest BCUT2D eigenvalue weighted by molar-refractivity contribution is -0.128. The summed E-state index contributed by atoms with van der Waals surface area (Å²) in [5, 5.41) is 16.2. The Bertz CT molecular complexity index is 819. The fourth-order valence-corrected chi connectivity index (χ4v) is 3.71. The zero-order valence-corrected chi connectivity index (χ0v) is 16.1. The molecule has 1 aliphatic carbocycles. The Morgan fingerprint density at radius 3 is 2.61 bits per heavy atom. The van der Waals surface area contributed by atoms with E-state index in [9.17, 15) is 14.7 Å². The van der Waals surface area contributed by atoms with Gasteiger partial charge in [0, 0.05) is 29.2 Å². The molecule has 28 heavy (non-hydrogen) atoms. The lowest BCUT2D eigenvalue weighted by Gasteiger charge is -2.23. The molecule has 1 atom stereocenters. The van der Waals surface area contributed by atoms with Crippen LogP contribution in [0.2, 0.25) is 0 Å². The second kappa shape index (κ2) is 10.1. The van der Waals surface area contributed by atoms with Crippen molar-refractivity contribution in [1.29, 1.82) is 0 Å². The van der Waals surface area contributed by atoms with E-state index >= 15 is 0 Å². The van der Waals surface area contributed by atoms with Crippen molar-refractivity contribution in [3.63, 3.8) is 0 Å². The summed E-state index contributed by atoms with van der Waals surface area (Å²) in [6.07, 6.45) is 12.7. The number of H-pyrrole nitrogens is 1. The Kier molecular flexibility index (Phi) is 7.25. The number of rotatable bonds is 6. The number of nitrogens with one attached hydrogen (secondary N) is 3. The Morgan fingerprint density at radius 2 is 1.86 bits per heavy atom. The van der Waals surface area contributed by atoms with Gasteiger partial charge in [0.15, 0.2) is 0 Å². The molecule has 2 aromatic rings. The maximum absolute atomic E-state index is 12.5. The van der Waals surface area contributed by atoms with E-state index in [2.05, 4.69) is 15.6 Å². The number of fused-ring (bicyclic) bond motifs is 1. The molecule has 0 aliphatic heterocycles. The van der Waals surface area contributed by atoms with Crippen LogP contribution < -0.4 is 10.6 Å². The average Bonchev–Trinajstić information content (AvgIpc) is 3.09. The normalized spacial score (nSPS) is 17.2. The van der Waals surface area contributed by atoms with E-state index in [0.717, 1.165) is 42.1 Å². The molecule has 2 amide bonds. The molecule has 6 nitrogen and oxygen atoms in total. The smallest absolute Gasteiger partial charge is 0.245 e. The van der Waals surface area contributed by atoms with Crippen molar-refractivity contribution in [1.82, 2.24) is 15.6 Å². The van der Waals surface area contributed by atoms with Gasteiger partial charge in [0.25, 0.3) is 0 Å². The maximum Gasteiger partial charge on any atom is 0.245 e. The van der Waals surface area contributed by atoms with Crippen molar-refractivity contribution in [3.05, 3.63) is 42.1 Å². The lowest BCUT2D eigenvalue weighted by Crippen LogP contribution is -2.51. The fraction of sp³-hybridized carbons (Fsp3) is 0.455. The number of para-hydroxylation sites is 1. The van der Waals surface area contributed by atoms with Crippen LogP contribution in [0, 0.1) is 0 Å². The molecule has 0 unspecified atom stereocenters. The van der Waals surface area contributed by atoms with Gasteiger partial charge in [-0.25, -0.2) is 0 Å². The van der Waals surface area contributed by atoms with E-state index < -0.39 is 18.6 Å². The van der Waals surface area contributed by atoms with Gasteiger partial charge in [-0.05, 0) is 30.5 Å². The minimum absolute atomic E-state index is 0.125. The van der Waals surface area contributed by atoms with Crippen LogP contribution in [0.3, 0.4) is 0 Å². The van der Waals surface area contributed by atoms with Gasteiger partial charge < -0.3 is 20.7 Å². The average molecular weight is 383 g/mol. The topological polar surface area (TPSA) is 94.2 Å². The third kappa shape index (κ3) is 5.45. The van der Waals surface area contributed by atoms with E-state index in [1.165, 1.54) is 25.3 Å². The molecule has 0 spiro atoms. The number of benzene rings is 1. The van der Waals surface area contributed by atoms with E-state index in [1.807, 2.05) is 30.5 Å². The number of aliphatic hydroxyl groups is 1. The van der Waals surface area contributed by atoms with Gasteiger partial charge in [-0.1, -0.05) is 50.3 Å². The van der Waals surface area contributed by atoms with Crippen molar-refractivity contribution in [2.24, 2.45) is 0 Å². The summed E-state index contributed by atoms with van der Waals surface area (Å²) in [7, 11) is 0. The highest BCUT2D eigenvalue weighted by atomic mass is 16.3. The summed E-state index contributed by atoms with van der Waals surface area (Å²) < 4.78 is 0. The highest BCUT2D eigenvalue weighted by Crippen LogP contribution is 2.19. The highest BCUT2D eigenvalue weighted by Gasteiger charge is 2.22. The van der Waals surface area contributed by atoms with Gasteiger partial charge in [0.05, 0.1) is 6.61 Å². The maximum atomic E-state index is 12.5. The summed E-state index contributed by atoms with van der Waals surface area (Å²) in [6, 6.07) is 7.01. The van der Waals surface area contributed by atoms with Crippen LogP contribution >= 0.6 is 0 Å². The molecular weight excluding hydrogens is 354 g/mol. The van der Waals surface area contributed by atoms with E-state index in [0.29, 0.717) is 0 Å². The zero-order valence-electron chi connectivity index (χ0n) is 16.1. The van der Waals surface area contributed by atoms with Gasteiger partial charge in [-0.2, -0.15) is 0 Å². The Labute approximate surface area is 165 Å². The van der Waals surface area contributed by atoms with Crippen molar-refractivity contribution in [3.8, 4) is 0 Å². The molecule has 150 valence electrons. The molecular formula is C22H29N3O3. The van der Waals surface area contributed by atoms with Gasteiger partial charge in [-0.15, -0.1) is 0 Å². The van der Waals surface area contributed by atoms with Gasteiger partial charge in [0.1, 0.15) is 6.04 Å². The van der Waals surface area contributed by atoms with Gasteiger partial charge in [-0.3, -0.25) is 9.59 Å². The van der Waals surface area contributed by atoms with E-state index in [1.54, 1.807) is 6.08 Å². The molecule has 1 aliphatic rings. The van der Waals surface area contributed by atoms with Crippen LogP contribution in [0.5, 0.6) is 0 Å². The Balaban J connectivity index is 1.55. The molecule has 3 rings (SSSR count). The van der Waals surface area contributed by atoms with Crippen LogP contribution in [-0.2, 0) is 9.59 Å². The summed E-state index contributed by atoms with van der Waals surface area (Å²) in [5.74, 6) is -0.723. The van der Waals surface area contributed by atoms with Gasteiger partial charge in [0.2, 0.25) is 11.8 Å². The van der Waals surface area contributed by atoms with E-state index in [4.69, 9.17) is 0 Å². The zero-order chi connectivity index (χ0) is 19.8. The number of aromatic amines is 1. The van der Waals surface area contributed by atoms with Crippen molar-refractivity contribution < 1.29 is 14.7 Å². The number of aliphatic hydroxyl groups excluding tert-OH is 1. The number of carbonyl (C=O) groups excluding carboxylic acids is 2. The van der Waals surface area contributed by atoms with Crippen LogP contribution in [-0.4, -0.2) is 40.6 Å². The lowest BCUT2D eigenvalue weighted by atomic mass is 9.96. The first-order valence-corrected chi connectivity index (χ1v) is 10.1. The first kappa shape index (κ1) is 20.1. The van der Waals surface area contributed by atoms with E-state index in [-0.39, 0.29) is 11.9 Å². The molecule has 6 heteroatoms. The molecule has 1 fully saturated rings. The third-order valence-corrected chi connectivity index (χ3v) is 5.30. The minimum Gasteiger partial charge on any atom is -0.394 e. The second-order valence-electron chi connectivity index (χ2n) is 7.42. The number of hydrogen-bond acceptors (Lipinski definition) is 3. The number of amides is 2. The number of aromatic nitrogens is 1. The fourth-order valence-electron chi connectivity index (χ4n) is 3.71. The summed E-state index contributed by atoms with van der Waals surface area (Å²) in [6.45, 7) is -0.425. The quantitative estimate of drug-likeness (QED) is 0.578. The van der Waals surface area contributed by atoms with Crippen LogP contribution in [0.4, 0.5) is 0 Å². The number of carbonyl (C=O) groups is 2. The predicted octanol–water partition coefficient (Wildman–Crippen LogP) is 2.89. The molecule has 1 aromatic heterocycles. The molecule has 1 heterocycles. The van der Waals surface area contributed by atoms with Crippen molar-refractivity contribution in [2.75, 3.05) is 6.61 Å². The van der Waals surface area contributed by atoms with Gasteiger partial charge >= 0.3 is 0 Å². The highest BCUT2D eigenvalue weighted by molar-refractivity contribution is 5.98. The summed E-state index contributed by atoms with van der Waals surface area (Å²) in [4.78, 5) is 27.9. The third-order valence-electron chi connectivity index (χ3n) is 5.30. The first-order chi connectivity index (χ1) is 13.7. The summed E-state index contributed by atoms with van der Waals surface area (Å²) >= 11 is 0. The first-order valence-electron chi connectivity index (χ1n) is 10.1. The molecule has 0 radical (unpaired) electrons. The molecule has 4 N–H and O–H groups in total. The van der Waals surface area contributed by atoms with Crippen molar-refractivity contribution in [2.45, 2.75) is 57.0 Å². The summed E-state index contributed by atoms with van der Waals surface area (Å²) in [5.41, 5.74) is 1.89. The second-order valence-corrected chi connectivity index (χ2v) is 7.42. The van der Waals surface area contributed by atoms with Crippen LogP contribution in [0.15, 0.2) is 36.5 Å². The molecule has 0 saturated heterocycles. The van der Waals surface area contributed by atoms with Crippen LogP contribution in [0.25, 0.3) is 17.0 Å². The predicted molar refractivity (Wildman–Crippen MR) is 111 cm³/mol. The van der Waals surface area contributed by atoms with Crippen LogP contribution in [0.1, 0.15) is 50.5 Å². The monoisotopic (exact) mass is 383 g/mol. The minimum atomic E-state index is -0.939. The Morgan fingerprint density at radius 1 is 1.14 bits per heavy atom. The molecule has 1 saturated carbocycles. The molecule has 1 aromatic carbocycles. The Hall–Kier alpha value is -2.60. The largest absolute Gasteiger partial charge is 0.394 e. The number of hydrogen-bond donors (Lipinski definition) is 4.